The van der Waals surface area contributed by atoms with Crippen molar-refractivity contribution in [3.8, 4) is 35.3 Å². The molecule has 1 aromatic heterocycles. The minimum atomic E-state index is -0.432. The van der Waals surface area contributed by atoms with Gasteiger partial charge < -0.3 is 23.5 Å². The van der Waals surface area contributed by atoms with E-state index in [-0.39, 0.29) is 6.54 Å². The third kappa shape index (κ3) is 4.05. The number of methoxy groups -OCH3 is 4. The number of benzene rings is 2. The molecule has 150 valence electrons. The van der Waals surface area contributed by atoms with Gasteiger partial charge in [0, 0.05) is 23.8 Å². The van der Waals surface area contributed by atoms with E-state index < -0.39 is 5.91 Å². The monoisotopic (exact) mass is 412 g/mol. The Labute approximate surface area is 172 Å². The number of carbonyl (C=O) groups excluding carboxylic acids is 1. The van der Waals surface area contributed by atoms with Crippen LogP contribution in [0.25, 0.3) is 10.2 Å². The lowest BCUT2D eigenvalue weighted by molar-refractivity contribution is 0.0997. The zero-order valence-corrected chi connectivity index (χ0v) is 17.3. The smallest absolute Gasteiger partial charge is 0.279 e. The summed E-state index contributed by atoms with van der Waals surface area (Å²) >= 11 is 1.34. The molecule has 2 aromatic carbocycles. The van der Waals surface area contributed by atoms with Gasteiger partial charge >= 0.3 is 0 Å². The first kappa shape index (κ1) is 20.3. The van der Waals surface area contributed by atoms with Crippen LogP contribution in [0.15, 0.2) is 35.3 Å². The zero-order chi connectivity index (χ0) is 21.0. The second-order valence-corrected chi connectivity index (χ2v) is 6.88. The number of hydrogen-bond donors (Lipinski definition) is 0. The molecule has 0 saturated heterocycles. The van der Waals surface area contributed by atoms with Gasteiger partial charge in [0.05, 0.1) is 45.2 Å². The van der Waals surface area contributed by atoms with E-state index >= 15 is 0 Å². The van der Waals surface area contributed by atoms with Crippen LogP contribution in [-0.4, -0.2) is 38.9 Å². The van der Waals surface area contributed by atoms with Crippen molar-refractivity contribution >= 4 is 27.5 Å². The Bertz CT molecular complexity index is 1150. The van der Waals surface area contributed by atoms with Gasteiger partial charge in [-0.1, -0.05) is 17.3 Å². The molecular weight excluding hydrogens is 392 g/mol. The van der Waals surface area contributed by atoms with Crippen LogP contribution < -0.4 is 23.7 Å². The third-order valence-corrected chi connectivity index (χ3v) is 5.27. The van der Waals surface area contributed by atoms with E-state index in [0.29, 0.717) is 33.4 Å². The van der Waals surface area contributed by atoms with Gasteiger partial charge in [0.1, 0.15) is 11.5 Å². The van der Waals surface area contributed by atoms with Crippen LogP contribution in [0.5, 0.6) is 23.0 Å². The molecule has 29 heavy (non-hydrogen) atoms. The number of aromatic nitrogens is 1. The van der Waals surface area contributed by atoms with Gasteiger partial charge in [-0.25, -0.2) is 0 Å². The number of carbonyl (C=O) groups is 1. The van der Waals surface area contributed by atoms with Gasteiger partial charge in [-0.15, -0.1) is 6.42 Å². The zero-order valence-electron chi connectivity index (χ0n) is 16.5. The van der Waals surface area contributed by atoms with E-state index in [0.717, 1.165) is 10.2 Å². The Morgan fingerprint density at radius 1 is 1.00 bits per heavy atom. The number of amides is 1. The molecule has 0 N–H and O–H groups in total. The van der Waals surface area contributed by atoms with E-state index in [9.17, 15) is 4.79 Å². The lowest BCUT2D eigenvalue weighted by Crippen LogP contribution is -2.16. The number of fused-ring (bicyclic) bond motifs is 1. The molecule has 0 fully saturated rings. The van der Waals surface area contributed by atoms with Crippen molar-refractivity contribution in [3.63, 3.8) is 0 Å². The van der Waals surface area contributed by atoms with Crippen LogP contribution in [0.4, 0.5) is 0 Å². The molecule has 0 spiro atoms. The SMILES string of the molecule is C#CCn1c(=NC(=O)c2cc(OC)cc(OC)c2)sc2cc(OC)c(OC)cc21. The molecule has 0 unspecified atom stereocenters. The molecule has 0 bridgehead atoms. The van der Waals surface area contributed by atoms with E-state index in [1.165, 1.54) is 25.6 Å². The Kier molecular flexibility index (Phi) is 6.10. The Balaban J connectivity index is 2.18. The third-order valence-electron chi connectivity index (χ3n) is 4.23. The van der Waals surface area contributed by atoms with Crippen molar-refractivity contribution in [2.75, 3.05) is 28.4 Å². The molecule has 0 aliphatic rings. The van der Waals surface area contributed by atoms with Gasteiger partial charge in [-0.05, 0) is 12.1 Å². The normalized spacial score (nSPS) is 11.2. The summed E-state index contributed by atoms with van der Waals surface area (Å²) in [7, 11) is 6.17. The second kappa shape index (κ2) is 8.71. The minimum Gasteiger partial charge on any atom is -0.497 e. The number of rotatable bonds is 6. The van der Waals surface area contributed by atoms with Gasteiger partial charge in [0.2, 0.25) is 0 Å². The molecule has 0 aliphatic heterocycles. The number of ether oxygens (including phenoxy) is 4. The Hall–Kier alpha value is -3.44. The standard InChI is InChI=1S/C21H20N2O5S/c1-6-7-23-16-11-17(27-4)18(28-5)12-19(16)29-21(23)22-20(24)13-8-14(25-2)10-15(9-13)26-3/h1,8-12H,7H2,2-5H3. The van der Waals surface area contributed by atoms with Crippen molar-refractivity contribution < 1.29 is 23.7 Å². The summed E-state index contributed by atoms with van der Waals surface area (Å²) in [6, 6.07) is 8.57. The van der Waals surface area contributed by atoms with Crippen LogP contribution in [-0.2, 0) is 6.54 Å². The maximum Gasteiger partial charge on any atom is 0.279 e. The quantitative estimate of drug-likeness (QED) is 0.582. The first-order valence-corrected chi connectivity index (χ1v) is 9.37. The highest BCUT2D eigenvalue weighted by Gasteiger charge is 2.14. The fourth-order valence-corrected chi connectivity index (χ4v) is 3.85. The van der Waals surface area contributed by atoms with Crippen molar-refractivity contribution in [1.82, 2.24) is 4.57 Å². The molecule has 0 saturated carbocycles. The molecule has 0 aliphatic carbocycles. The van der Waals surface area contributed by atoms with E-state index in [1.807, 2.05) is 12.1 Å². The van der Waals surface area contributed by atoms with E-state index in [2.05, 4.69) is 10.9 Å². The highest BCUT2D eigenvalue weighted by Crippen LogP contribution is 2.33. The summed E-state index contributed by atoms with van der Waals surface area (Å²) < 4.78 is 23.9. The molecule has 3 aromatic rings. The first-order valence-electron chi connectivity index (χ1n) is 8.55. The topological polar surface area (TPSA) is 71.3 Å². The largest absolute Gasteiger partial charge is 0.497 e. The average Bonchev–Trinajstić information content (AvgIpc) is 3.08. The maximum absolute atomic E-state index is 12.8. The highest BCUT2D eigenvalue weighted by atomic mass is 32.1. The number of nitrogens with zero attached hydrogens (tertiary/aromatic N) is 2. The summed E-state index contributed by atoms with van der Waals surface area (Å²) in [5.74, 6) is 4.34. The first-order chi connectivity index (χ1) is 14.0. The minimum absolute atomic E-state index is 0.253. The van der Waals surface area contributed by atoms with Crippen molar-refractivity contribution in [2.45, 2.75) is 6.54 Å². The average molecular weight is 412 g/mol. The van der Waals surface area contributed by atoms with Crippen molar-refractivity contribution in [1.29, 1.82) is 0 Å². The fourth-order valence-electron chi connectivity index (χ4n) is 2.81. The molecule has 3 rings (SSSR count). The van der Waals surface area contributed by atoms with Crippen LogP contribution in [0, 0.1) is 12.3 Å². The summed E-state index contributed by atoms with van der Waals surface area (Å²) in [6.07, 6.45) is 5.54. The van der Waals surface area contributed by atoms with Crippen LogP contribution in [0.2, 0.25) is 0 Å². The molecule has 0 atom stereocenters. The molecule has 8 heteroatoms. The molecule has 7 nitrogen and oxygen atoms in total. The van der Waals surface area contributed by atoms with Crippen LogP contribution in [0.3, 0.4) is 0 Å². The number of thiazole rings is 1. The van der Waals surface area contributed by atoms with Gasteiger partial charge in [-0.3, -0.25) is 4.79 Å². The predicted octanol–water partition coefficient (Wildman–Crippen LogP) is 3.11. The van der Waals surface area contributed by atoms with Crippen LogP contribution >= 0.6 is 11.3 Å². The fraction of sp³-hybridized carbons (Fsp3) is 0.238. The Morgan fingerprint density at radius 2 is 1.62 bits per heavy atom. The summed E-state index contributed by atoms with van der Waals surface area (Å²) in [4.78, 5) is 17.6. The summed E-state index contributed by atoms with van der Waals surface area (Å²) in [5.41, 5.74) is 1.15. The van der Waals surface area contributed by atoms with E-state index in [4.69, 9.17) is 25.4 Å². The van der Waals surface area contributed by atoms with Gasteiger partial charge in [-0.2, -0.15) is 4.99 Å². The maximum atomic E-state index is 12.8. The molecule has 1 amide bonds. The van der Waals surface area contributed by atoms with Crippen LogP contribution in [0.1, 0.15) is 10.4 Å². The van der Waals surface area contributed by atoms with Gasteiger partial charge in [0.15, 0.2) is 16.3 Å². The highest BCUT2D eigenvalue weighted by molar-refractivity contribution is 7.16. The summed E-state index contributed by atoms with van der Waals surface area (Å²) in [5, 5.41) is 0. The lowest BCUT2D eigenvalue weighted by atomic mass is 10.2. The van der Waals surface area contributed by atoms with Crippen molar-refractivity contribution in [3.05, 3.63) is 40.7 Å². The molecule has 0 radical (unpaired) electrons. The summed E-state index contributed by atoms with van der Waals surface area (Å²) in [6.45, 7) is 0.253. The molecular formula is C21H20N2O5S. The van der Waals surface area contributed by atoms with Crippen molar-refractivity contribution in [2.24, 2.45) is 4.99 Å². The predicted molar refractivity (Wildman–Crippen MR) is 111 cm³/mol. The van der Waals surface area contributed by atoms with Gasteiger partial charge in [0.25, 0.3) is 5.91 Å². The second-order valence-electron chi connectivity index (χ2n) is 5.87. The van der Waals surface area contributed by atoms with E-state index in [1.54, 1.807) is 37.0 Å². The Morgan fingerprint density at radius 3 is 2.17 bits per heavy atom. The lowest BCUT2D eigenvalue weighted by Gasteiger charge is -2.08. The molecule has 1 heterocycles. The number of hydrogen-bond acceptors (Lipinski definition) is 6. The number of terminal acetylenes is 1.